The Bertz CT molecular complexity index is 1380. The average molecular weight is 440 g/mol. The molecular formula is C27H25N3O3. The van der Waals surface area contributed by atoms with E-state index in [9.17, 15) is 4.79 Å². The predicted molar refractivity (Wildman–Crippen MR) is 130 cm³/mol. The average Bonchev–Trinajstić information content (AvgIpc) is 3.24. The molecule has 166 valence electrons. The van der Waals surface area contributed by atoms with Crippen molar-refractivity contribution in [1.29, 1.82) is 0 Å². The van der Waals surface area contributed by atoms with E-state index in [2.05, 4.69) is 48.3 Å². The van der Waals surface area contributed by atoms with E-state index in [0.29, 0.717) is 16.9 Å². The Morgan fingerprint density at radius 2 is 1.70 bits per heavy atom. The van der Waals surface area contributed by atoms with Crippen LogP contribution in [0.2, 0.25) is 0 Å². The van der Waals surface area contributed by atoms with Crippen LogP contribution >= 0.6 is 0 Å². The number of aryl methyl sites for hydroxylation is 1. The predicted octanol–water partition coefficient (Wildman–Crippen LogP) is 5.70. The summed E-state index contributed by atoms with van der Waals surface area (Å²) < 4.78 is 11.8. The third kappa shape index (κ3) is 3.21. The number of benzene rings is 3. The van der Waals surface area contributed by atoms with Gasteiger partial charge in [-0.1, -0.05) is 47.1 Å². The fraction of sp³-hybridized carbons (Fsp3) is 0.259. The second kappa shape index (κ2) is 7.46. The highest BCUT2D eigenvalue weighted by Crippen LogP contribution is 2.46. The zero-order valence-electron chi connectivity index (χ0n) is 18.9. The maximum atomic E-state index is 13.7. The maximum Gasteiger partial charge on any atom is 0.196 e. The lowest BCUT2D eigenvalue weighted by molar-refractivity contribution is -0.00515. The summed E-state index contributed by atoms with van der Waals surface area (Å²) in [6.45, 7) is 7.71. The zero-order valence-corrected chi connectivity index (χ0v) is 18.9. The highest BCUT2D eigenvalue weighted by atomic mass is 16.5. The van der Waals surface area contributed by atoms with E-state index in [0.717, 1.165) is 46.6 Å². The molecule has 3 aromatic carbocycles. The molecule has 1 fully saturated rings. The van der Waals surface area contributed by atoms with Crippen LogP contribution in [0.5, 0.6) is 0 Å². The molecule has 2 aliphatic rings. The standard InChI is InChI=1S/C27H25N3O3/c1-15-8-10-18(11-9-15)28-21-12-22(30-13-16(2)32-17(3)14-30)25-24-23(21)26(31)19-6-4-5-7-20(19)27(24)33-29-25/h4-12,16-17,28H,13-14H2,1-3H3/t16-,17-/m0/s1. The Balaban J connectivity index is 1.60. The highest BCUT2D eigenvalue weighted by Gasteiger charge is 2.34. The number of aromatic nitrogens is 1. The first-order valence-corrected chi connectivity index (χ1v) is 11.3. The molecule has 1 aromatic heterocycles. The normalized spacial score (nSPS) is 19.6. The number of carbonyl (C=O) groups is 1. The highest BCUT2D eigenvalue weighted by molar-refractivity contribution is 6.28. The molecule has 6 nitrogen and oxygen atoms in total. The largest absolute Gasteiger partial charge is 0.372 e. The molecule has 4 aromatic rings. The number of nitrogens with zero attached hydrogens (tertiary/aromatic N) is 2. The minimum absolute atomic E-state index is 0.0174. The van der Waals surface area contributed by atoms with E-state index in [1.807, 2.05) is 42.5 Å². The molecule has 0 saturated carbocycles. The molecule has 0 radical (unpaired) electrons. The Hall–Kier alpha value is -3.64. The fourth-order valence-electron chi connectivity index (χ4n) is 5.05. The van der Waals surface area contributed by atoms with Crippen LogP contribution in [0.25, 0.3) is 22.2 Å². The summed E-state index contributed by atoms with van der Waals surface area (Å²) in [5.74, 6) is 0.634. The first-order chi connectivity index (χ1) is 16.0. The van der Waals surface area contributed by atoms with Crippen LogP contribution in [0, 0.1) is 6.92 Å². The van der Waals surface area contributed by atoms with Gasteiger partial charge in [-0.25, -0.2) is 0 Å². The minimum Gasteiger partial charge on any atom is -0.372 e. The van der Waals surface area contributed by atoms with Gasteiger partial charge in [0.2, 0.25) is 0 Å². The number of hydrogen-bond acceptors (Lipinski definition) is 6. The van der Waals surface area contributed by atoms with Gasteiger partial charge in [0.1, 0.15) is 5.52 Å². The summed E-state index contributed by atoms with van der Waals surface area (Å²) in [6.07, 6.45) is 0.192. The molecule has 33 heavy (non-hydrogen) atoms. The molecule has 1 N–H and O–H groups in total. The fourth-order valence-corrected chi connectivity index (χ4v) is 5.05. The van der Waals surface area contributed by atoms with Crippen molar-refractivity contribution in [2.24, 2.45) is 0 Å². The summed E-state index contributed by atoms with van der Waals surface area (Å²) in [4.78, 5) is 16.0. The van der Waals surface area contributed by atoms with Crippen LogP contribution in [0.15, 0.2) is 59.1 Å². The van der Waals surface area contributed by atoms with Crippen LogP contribution < -0.4 is 10.2 Å². The third-order valence-corrected chi connectivity index (χ3v) is 6.47. The van der Waals surface area contributed by atoms with Crippen molar-refractivity contribution in [3.63, 3.8) is 0 Å². The van der Waals surface area contributed by atoms with E-state index in [-0.39, 0.29) is 18.0 Å². The number of morpholine rings is 1. The molecule has 1 aliphatic carbocycles. The summed E-state index contributed by atoms with van der Waals surface area (Å²) >= 11 is 0. The van der Waals surface area contributed by atoms with Gasteiger partial charge in [-0.3, -0.25) is 4.79 Å². The van der Waals surface area contributed by atoms with Crippen LogP contribution in [0.3, 0.4) is 0 Å². The van der Waals surface area contributed by atoms with Gasteiger partial charge in [-0.05, 0) is 39.0 Å². The van der Waals surface area contributed by atoms with E-state index in [4.69, 9.17) is 9.26 Å². The molecule has 2 heterocycles. The van der Waals surface area contributed by atoms with Crippen molar-refractivity contribution >= 4 is 33.7 Å². The molecule has 1 saturated heterocycles. The summed E-state index contributed by atoms with van der Waals surface area (Å²) in [7, 11) is 0. The lowest BCUT2D eigenvalue weighted by atomic mass is 9.86. The lowest BCUT2D eigenvalue weighted by Gasteiger charge is -2.37. The van der Waals surface area contributed by atoms with Gasteiger partial charge in [0.15, 0.2) is 11.5 Å². The van der Waals surface area contributed by atoms with Crippen LogP contribution in [0.1, 0.15) is 35.3 Å². The summed E-state index contributed by atoms with van der Waals surface area (Å²) in [5, 5.41) is 8.76. The van der Waals surface area contributed by atoms with Gasteiger partial charge >= 0.3 is 0 Å². The van der Waals surface area contributed by atoms with Gasteiger partial charge in [0, 0.05) is 29.9 Å². The molecule has 6 heteroatoms. The van der Waals surface area contributed by atoms with Crippen LogP contribution in [-0.2, 0) is 4.74 Å². The number of rotatable bonds is 3. The lowest BCUT2D eigenvalue weighted by Crippen LogP contribution is -2.45. The van der Waals surface area contributed by atoms with Gasteiger partial charge in [-0.15, -0.1) is 0 Å². The zero-order chi connectivity index (χ0) is 22.7. The van der Waals surface area contributed by atoms with E-state index in [1.54, 1.807) is 0 Å². The molecule has 0 spiro atoms. The number of hydrogen-bond donors (Lipinski definition) is 1. The van der Waals surface area contributed by atoms with Crippen molar-refractivity contribution < 1.29 is 14.1 Å². The topological polar surface area (TPSA) is 67.6 Å². The number of ketones is 1. The molecule has 6 rings (SSSR count). The van der Waals surface area contributed by atoms with Gasteiger partial charge in [0.05, 0.1) is 34.5 Å². The smallest absolute Gasteiger partial charge is 0.196 e. The summed E-state index contributed by atoms with van der Waals surface area (Å²) in [6, 6.07) is 17.8. The Morgan fingerprint density at radius 1 is 1.00 bits per heavy atom. The van der Waals surface area contributed by atoms with Crippen molar-refractivity contribution in [2.75, 3.05) is 23.3 Å². The molecule has 0 unspecified atom stereocenters. The van der Waals surface area contributed by atoms with Crippen molar-refractivity contribution in [1.82, 2.24) is 5.16 Å². The van der Waals surface area contributed by atoms with Crippen LogP contribution in [-0.4, -0.2) is 36.2 Å². The van der Waals surface area contributed by atoms with E-state index < -0.39 is 0 Å². The van der Waals surface area contributed by atoms with Gasteiger partial charge < -0.3 is 19.5 Å². The maximum absolute atomic E-state index is 13.7. The second-order valence-corrected chi connectivity index (χ2v) is 9.08. The second-order valence-electron chi connectivity index (χ2n) is 9.08. The van der Waals surface area contributed by atoms with Crippen molar-refractivity contribution in [2.45, 2.75) is 33.0 Å². The number of ether oxygens (including phenoxy) is 1. The van der Waals surface area contributed by atoms with E-state index in [1.165, 1.54) is 5.56 Å². The van der Waals surface area contributed by atoms with Crippen molar-refractivity contribution in [3.05, 3.63) is 71.3 Å². The first-order valence-electron chi connectivity index (χ1n) is 11.3. The number of fused-ring (bicyclic) bond motifs is 2. The first kappa shape index (κ1) is 20.0. The summed E-state index contributed by atoms with van der Waals surface area (Å²) in [5.41, 5.74) is 6.58. The Kier molecular flexibility index (Phi) is 4.52. The molecule has 0 amide bonds. The van der Waals surface area contributed by atoms with Gasteiger partial charge in [-0.2, -0.15) is 0 Å². The molecule has 2 atom stereocenters. The van der Waals surface area contributed by atoms with Crippen LogP contribution in [0.4, 0.5) is 17.1 Å². The van der Waals surface area contributed by atoms with Crippen molar-refractivity contribution in [3.8, 4) is 11.3 Å². The SMILES string of the molecule is Cc1ccc(Nc2cc(N3C[C@H](C)O[C@@H](C)C3)c3noc4c3c2C(=O)c2ccccc2-4)cc1. The number of carbonyl (C=O) groups excluding carboxylic acids is 1. The van der Waals surface area contributed by atoms with E-state index >= 15 is 0 Å². The molecule has 0 bridgehead atoms. The Labute approximate surface area is 192 Å². The Morgan fingerprint density at radius 3 is 2.42 bits per heavy atom. The van der Waals surface area contributed by atoms with Gasteiger partial charge in [0.25, 0.3) is 0 Å². The molecular weight excluding hydrogens is 414 g/mol. The molecule has 1 aliphatic heterocycles. The minimum atomic E-state index is -0.0174. The quantitative estimate of drug-likeness (QED) is 0.389. The monoisotopic (exact) mass is 439 g/mol. The number of nitrogens with one attached hydrogen (secondary N) is 1. The third-order valence-electron chi connectivity index (χ3n) is 6.47. The number of anilines is 3.